The van der Waals surface area contributed by atoms with Crippen molar-refractivity contribution in [2.24, 2.45) is 0 Å². The third kappa shape index (κ3) is 3.35. The van der Waals surface area contributed by atoms with Crippen molar-refractivity contribution in [3.63, 3.8) is 0 Å². The first kappa shape index (κ1) is 13.1. The van der Waals surface area contributed by atoms with E-state index in [1.165, 1.54) is 18.2 Å². The number of allylic oxidation sites excluding steroid dienone is 2. The van der Waals surface area contributed by atoms with Crippen LogP contribution in [0.1, 0.15) is 17.7 Å². The van der Waals surface area contributed by atoms with Crippen LogP contribution in [-0.2, 0) is 0 Å². The van der Waals surface area contributed by atoms with Crippen LogP contribution in [0.3, 0.4) is 0 Å². The van der Waals surface area contributed by atoms with Crippen LogP contribution < -0.4 is 0 Å². The van der Waals surface area contributed by atoms with Gasteiger partial charge in [-0.25, -0.2) is 8.78 Å². The highest BCUT2D eigenvalue weighted by molar-refractivity contribution is 5.76. The molecular formula is C16H13F2N. The molecule has 0 unspecified atom stereocenters. The van der Waals surface area contributed by atoms with Gasteiger partial charge in [-0.1, -0.05) is 25.3 Å². The van der Waals surface area contributed by atoms with Gasteiger partial charge in [0.25, 0.3) is 0 Å². The molecule has 0 saturated heterocycles. The first-order valence-corrected chi connectivity index (χ1v) is 5.79. The smallest absolute Gasteiger partial charge is 0.141 e. The molecule has 3 heteroatoms. The Morgan fingerprint density at radius 3 is 2.11 bits per heavy atom. The Morgan fingerprint density at radius 1 is 0.895 bits per heavy atom. The molecule has 0 fully saturated rings. The molecule has 0 bridgehead atoms. The summed E-state index contributed by atoms with van der Waals surface area (Å²) in [7, 11) is 0. The molecule has 96 valence electrons. The van der Waals surface area contributed by atoms with E-state index in [9.17, 15) is 8.78 Å². The summed E-state index contributed by atoms with van der Waals surface area (Å²) in [6.07, 6.45) is 1.66. The lowest BCUT2D eigenvalue weighted by molar-refractivity contribution is 0.621. The zero-order valence-electron chi connectivity index (χ0n) is 10.4. The van der Waals surface area contributed by atoms with Crippen LogP contribution in [0.2, 0.25) is 0 Å². The van der Waals surface area contributed by atoms with Crippen molar-refractivity contribution in [3.05, 3.63) is 78.6 Å². The molecule has 0 amide bonds. The van der Waals surface area contributed by atoms with Gasteiger partial charge in [0.15, 0.2) is 0 Å². The lowest BCUT2D eigenvalue weighted by atomic mass is 9.98. The summed E-state index contributed by atoms with van der Waals surface area (Å²) in [6, 6.07) is 9.04. The van der Waals surface area contributed by atoms with Crippen molar-refractivity contribution in [3.8, 4) is 0 Å². The number of aromatic nitrogens is 1. The zero-order valence-corrected chi connectivity index (χ0v) is 10.4. The molecule has 1 heterocycles. The Morgan fingerprint density at radius 2 is 1.53 bits per heavy atom. The fourth-order valence-electron chi connectivity index (χ4n) is 1.72. The third-order valence-corrected chi connectivity index (χ3v) is 2.77. The van der Waals surface area contributed by atoms with Crippen molar-refractivity contribution >= 4 is 11.1 Å². The number of benzene rings is 1. The normalized spacial score (nSPS) is 10.2. The Kier molecular flexibility index (Phi) is 3.85. The molecule has 0 atom stereocenters. The van der Waals surface area contributed by atoms with Crippen LogP contribution in [0.15, 0.2) is 55.8 Å². The van der Waals surface area contributed by atoms with Gasteiger partial charge >= 0.3 is 0 Å². The van der Waals surface area contributed by atoms with E-state index in [1.807, 2.05) is 0 Å². The maximum atomic E-state index is 12.8. The van der Waals surface area contributed by atoms with Crippen molar-refractivity contribution in [1.29, 1.82) is 0 Å². The lowest BCUT2D eigenvalue weighted by Gasteiger charge is -2.08. The average Bonchev–Trinajstić information content (AvgIpc) is 2.40. The molecule has 0 aliphatic carbocycles. The first-order valence-electron chi connectivity index (χ1n) is 5.79. The summed E-state index contributed by atoms with van der Waals surface area (Å²) >= 11 is 0. The van der Waals surface area contributed by atoms with Crippen LogP contribution in [0.5, 0.6) is 0 Å². The van der Waals surface area contributed by atoms with Crippen molar-refractivity contribution in [2.45, 2.75) is 6.42 Å². The molecule has 0 aliphatic heterocycles. The minimum Gasteiger partial charge on any atom is -0.254 e. The molecule has 0 saturated carbocycles. The SMILES string of the molecule is C=C(CC(=C)c1ccc(F)cn1)c1ccc(F)cc1. The van der Waals surface area contributed by atoms with Gasteiger partial charge in [0.2, 0.25) is 0 Å². The molecule has 2 rings (SSSR count). The molecule has 2 aromatic rings. The molecule has 1 aromatic heterocycles. The van der Waals surface area contributed by atoms with E-state index in [0.717, 1.165) is 22.9 Å². The molecule has 19 heavy (non-hydrogen) atoms. The Balaban J connectivity index is 2.08. The third-order valence-electron chi connectivity index (χ3n) is 2.77. The van der Waals surface area contributed by atoms with Crippen LogP contribution in [0.25, 0.3) is 11.1 Å². The number of pyridine rings is 1. The highest BCUT2D eigenvalue weighted by Gasteiger charge is 2.05. The molecular weight excluding hydrogens is 244 g/mol. The fraction of sp³-hybridized carbons (Fsp3) is 0.0625. The predicted molar refractivity (Wildman–Crippen MR) is 73.3 cm³/mol. The summed E-state index contributed by atoms with van der Waals surface area (Å²) in [5.41, 5.74) is 3.04. The van der Waals surface area contributed by atoms with Gasteiger partial charge in [-0.2, -0.15) is 0 Å². The standard InChI is InChI=1S/C16H13F2N/c1-11(13-3-5-14(17)6-4-13)9-12(2)16-8-7-15(18)10-19-16/h3-8,10H,1-2,9H2. The van der Waals surface area contributed by atoms with Gasteiger partial charge in [0.1, 0.15) is 11.6 Å². The van der Waals surface area contributed by atoms with E-state index < -0.39 is 0 Å². The highest BCUT2D eigenvalue weighted by atomic mass is 19.1. The lowest BCUT2D eigenvalue weighted by Crippen LogP contribution is -1.91. The summed E-state index contributed by atoms with van der Waals surface area (Å²) in [6.45, 7) is 7.87. The van der Waals surface area contributed by atoms with Gasteiger partial charge in [-0.15, -0.1) is 0 Å². The van der Waals surface area contributed by atoms with Crippen LogP contribution >= 0.6 is 0 Å². The van der Waals surface area contributed by atoms with E-state index in [-0.39, 0.29) is 11.6 Å². The van der Waals surface area contributed by atoms with Gasteiger partial charge in [0, 0.05) is 0 Å². The second kappa shape index (κ2) is 5.57. The fourth-order valence-corrected chi connectivity index (χ4v) is 1.72. The number of rotatable bonds is 4. The average molecular weight is 257 g/mol. The number of halogens is 2. The number of hydrogen-bond donors (Lipinski definition) is 0. The minimum absolute atomic E-state index is 0.282. The maximum Gasteiger partial charge on any atom is 0.141 e. The van der Waals surface area contributed by atoms with Gasteiger partial charge in [0.05, 0.1) is 11.9 Å². The molecule has 1 nitrogen and oxygen atoms in total. The van der Waals surface area contributed by atoms with Crippen LogP contribution in [0, 0.1) is 11.6 Å². The molecule has 0 N–H and O–H groups in total. The van der Waals surface area contributed by atoms with E-state index in [1.54, 1.807) is 18.2 Å². The van der Waals surface area contributed by atoms with Gasteiger partial charge < -0.3 is 0 Å². The van der Waals surface area contributed by atoms with Gasteiger partial charge in [-0.05, 0) is 47.4 Å². The van der Waals surface area contributed by atoms with Crippen molar-refractivity contribution in [2.75, 3.05) is 0 Å². The van der Waals surface area contributed by atoms with Crippen molar-refractivity contribution < 1.29 is 8.78 Å². The van der Waals surface area contributed by atoms with Crippen LogP contribution in [-0.4, -0.2) is 4.98 Å². The van der Waals surface area contributed by atoms with Crippen LogP contribution in [0.4, 0.5) is 8.78 Å². The maximum absolute atomic E-state index is 12.8. The van der Waals surface area contributed by atoms with E-state index in [0.29, 0.717) is 12.1 Å². The summed E-state index contributed by atoms with van der Waals surface area (Å²) in [5, 5.41) is 0. The van der Waals surface area contributed by atoms with Crippen molar-refractivity contribution in [1.82, 2.24) is 4.98 Å². The quantitative estimate of drug-likeness (QED) is 0.787. The van der Waals surface area contributed by atoms with Gasteiger partial charge in [-0.3, -0.25) is 4.98 Å². The second-order valence-corrected chi connectivity index (χ2v) is 4.25. The molecule has 0 aliphatic rings. The first-order chi connectivity index (χ1) is 9.06. The second-order valence-electron chi connectivity index (χ2n) is 4.25. The van der Waals surface area contributed by atoms with E-state index in [2.05, 4.69) is 18.1 Å². The van der Waals surface area contributed by atoms with E-state index in [4.69, 9.17) is 0 Å². The summed E-state index contributed by atoms with van der Waals surface area (Å²) in [4.78, 5) is 3.96. The predicted octanol–water partition coefficient (Wildman–Crippen LogP) is 4.48. The molecule has 0 radical (unpaired) electrons. The largest absolute Gasteiger partial charge is 0.254 e. The Labute approximate surface area is 110 Å². The summed E-state index contributed by atoms with van der Waals surface area (Å²) in [5.74, 6) is -0.663. The monoisotopic (exact) mass is 257 g/mol. The number of hydrogen-bond acceptors (Lipinski definition) is 1. The van der Waals surface area contributed by atoms with E-state index >= 15 is 0 Å². The minimum atomic E-state index is -0.381. The molecule has 1 aromatic carbocycles. The highest BCUT2D eigenvalue weighted by Crippen LogP contribution is 2.25. The summed E-state index contributed by atoms with van der Waals surface area (Å²) < 4.78 is 25.6. The molecule has 0 spiro atoms. The Hall–Kier alpha value is -2.29. The number of nitrogens with zero attached hydrogens (tertiary/aromatic N) is 1. The zero-order chi connectivity index (χ0) is 13.8. The topological polar surface area (TPSA) is 12.9 Å². The Bertz CT molecular complexity index is 542.